The Morgan fingerprint density at radius 1 is 0.433 bits per heavy atom. The minimum atomic E-state index is -0.672. The zero-order chi connectivity index (χ0) is 20.6. The van der Waals surface area contributed by atoms with Crippen LogP contribution < -0.4 is 0 Å². The first-order chi connectivity index (χ1) is 14.4. The normalized spacial score (nSPS) is 12.0. The van der Waals surface area contributed by atoms with Gasteiger partial charge in [-0.15, -0.1) is 0 Å². The van der Waals surface area contributed by atoms with Gasteiger partial charge < -0.3 is 8.83 Å². The Hall–Kier alpha value is -3.80. The Bertz CT molecular complexity index is 1520. The first-order valence-electron chi connectivity index (χ1n) is 9.10. The first-order valence-corrected chi connectivity index (χ1v) is 9.10. The molecule has 0 bridgehead atoms. The molecule has 0 amide bonds. The van der Waals surface area contributed by atoms with Crippen molar-refractivity contribution in [3.05, 3.63) is 83.9 Å². The van der Waals surface area contributed by atoms with Crippen molar-refractivity contribution in [2.45, 2.75) is 0 Å². The van der Waals surface area contributed by atoms with Crippen molar-refractivity contribution >= 4 is 43.5 Å². The molecule has 6 aromatic rings. The minimum Gasteiger partial charge on any atom is -0.453 e. The van der Waals surface area contributed by atoms with Gasteiger partial charge in [-0.2, -0.15) is 0 Å². The number of hydrogen-bond acceptors (Lipinski definition) is 2. The smallest absolute Gasteiger partial charge is 0.170 e. The lowest BCUT2D eigenvalue weighted by molar-refractivity contribution is 0.569. The summed E-state index contributed by atoms with van der Waals surface area (Å²) in [4.78, 5) is 0. The third kappa shape index (κ3) is 2.50. The highest BCUT2D eigenvalue weighted by atomic mass is 19.1. The SMILES string of the molecule is Fc1cc(F)c2cc3oc(-c4cc5cc6cc(F)cc(F)c6cc5o4)cc3cc2c1. The molecule has 6 rings (SSSR count). The average Bonchev–Trinajstić information content (AvgIpc) is 3.28. The third-order valence-electron chi connectivity index (χ3n) is 5.25. The van der Waals surface area contributed by atoms with Gasteiger partial charge in [-0.1, -0.05) is 0 Å². The number of benzene rings is 4. The van der Waals surface area contributed by atoms with Gasteiger partial charge in [0.15, 0.2) is 11.5 Å². The molecule has 0 spiro atoms. The fraction of sp³-hybridized carbons (Fsp3) is 0. The van der Waals surface area contributed by atoms with Gasteiger partial charge in [0.05, 0.1) is 0 Å². The summed E-state index contributed by atoms with van der Waals surface area (Å²) < 4.78 is 66.9. The molecule has 0 N–H and O–H groups in total. The molecule has 0 saturated carbocycles. The van der Waals surface area contributed by atoms with E-state index in [1.54, 1.807) is 24.3 Å². The quantitative estimate of drug-likeness (QED) is 0.261. The number of halogens is 4. The van der Waals surface area contributed by atoms with E-state index in [9.17, 15) is 17.6 Å². The van der Waals surface area contributed by atoms with Crippen LogP contribution in [0.1, 0.15) is 0 Å². The van der Waals surface area contributed by atoms with Gasteiger partial charge in [0.1, 0.15) is 34.4 Å². The van der Waals surface area contributed by atoms with Gasteiger partial charge >= 0.3 is 0 Å². The molecule has 0 unspecified atom stereocenters. The predicted molar refractivity (Wildman–Crippen MR) is 106 cm³/mol. The predicted octanol–water partition coefficient (Wildman–Crippen LogP) is 7.71. The molecule has 0 aliphatic carbocycles. The molecule has 6 heteroatoms. The second-order valence-electron chi connectivity index (χ2n) is 7.22. The van der Waals surface area contributed by atoms with Crippen LogP contribution in [-0.4, -0.2) is 0 Å². The van der Waals surface area contributed by atoms with E-state index < -0.39 is 23.3 Å². The maximum absolute atomic E-state index is 14.1. The highest BCUT2D eigenvalue weighted by molar-refractivity contribution is 6.00. The molecule has 2 aromatic heterocycles. The Morgan fingerprint density at radius 2 is 0.867 bits per heavy atom. The molecule has 0 saturated heterocycles. The maximum atomic E-state index is 14.1. The fourth-order valence-corrected chi connectivity index (χ4v) is 3.88. The van der Waals surface area contributed by atoms with Crippen molar-refractivity contribution in [3.63, 3.8) is 0 Å². The van der Waals surface area contributed by atoms with Crippen LogP contribution in [0.2, 0.25) is 0 Å². The highest BCUT2D eigenvalue weighted by Gasteiger charge is 2.15. The maximum Gasteiger partial charge on any atom is 0.170 e. The number of rotatable bonds is 1. The van der Waals surface area contributed by atoms with Gasteiger partial charge in [0.2, 0.25) is 0 Å². The van der Waals surface area contributed by atoms with Crippen LogP contribution in [-0.2, 0) is 0 Å². The zero-order valence-corrected chi connectivity index (χ0v) is 15.1. The molecule has 0 fully saturated rings. The van der Waals surface area contributed by atoms with E-state index in [4.69, 9.17) is 8.83 Å². The molecular weight excluding hydrogens is 396 g/mol. The minimum absolute atomic E-state index is 0.248. The van der Waals surface area contributed by atoms with Crippen LogP contribution in [0.3, 0.4) is 0 Å². The standard InChI is InChI=1S/C24H10F4O2/c25-15-3-11-1-13-5-23(29-21(13)9-17(11)19(27)7-15)24-6-14-2-12-4-16(26)8-20(28)18(12)10-22(14)30-24/h1-10H. The Morgan fingerprint density at radius 3 is 1.30 bits per heavy atom. The van der Waals surface area contributed by atoms with Crippen LogP contribution >= 0.6 is 0 Å². The summed E-state index contributed by atoms with van der Waals surface area (Å²) >= 11 is 0. The highest BCUT2D eigenvalue weighted by Crippen LogP contribution is 2.36. The van der Waals surface area contributed by atoms with Crippen LogP contribution in [0.5, 0.6) is 0 Å². The van der Waals surface area contributed by atoms with Gasteiger partial charge in [-0.3, -0.25) is 0 Å². The van der Waals surface area contributed by atoms with E-state index >= 15 is 0 Å². The van der Waals surface area contributed by atoms with E-state index in [-0.39, 0.29) is 10.8 Å². The Labute approximate surface area is 165 Å². The van der Waals surface area contributed by atoms with Gasteiger partial charge in [0.25, 0.3) is 0 Å². The van der Waals surface area contributed by atoms with E-state index in [0.29, 0.717) is 44.2 Å². The van der Waals surface area contributed by atoms with E-state index in [0.717, 1.165) is 12.1 Å². The Balaban J connectivity index is 1.55. The largest absolute Gasteiger partial charge is 0.453 e. The molecule has 0 aliphatic rings. The summed E-state index contributed by atoms with van der Waals surface area (Å²) in [6.07, 6.45) is 0. The van der Waals surface area contributed by atoms with E-state index in [1.165, 1.54) is 24.3 Å². The molecular formula is C24H10F4O2. The monoisotopic (exact) mass is 406 g/mol. The summed E-state index contributed by atoms with van der Waals surface area (Å²) in [5.74, 6) is -1.89. The second-order valence-corrected chi connectivity index (χ2v) is 7.22. The second kappa shape index (κ2) is 5.86. The lowest BCUT2D eigenvalue weighted by Gasteiger charge is -2.00. The van der Waals surface area contributed by atoms with Gasteiger partial charge in [0, 0.05) is 33.7 Å². The topological polar surface area (TPSA) is 26.3 Å². The van der Waals surface area contributed by atoms with Crippen LogP contribution in [0, 0.1) is 23.3 Å². The fourth-order valence-electron chi connectivity index (χ4n) is 3.88. The molecule has 0 aliphatic heterocycles. The van der Waals surface area contributed by atoms with E-state index in [2.05, 4.69) is 0 Å². The summed E-state index contributed by atoms with van der Waals surface area (Å²) in [6, 6.07) is 13.9. The van der Waals surface area contributed by atoms with Crippen LogP contribution in [0.4, 0.5) is 17.6 Å². The van der Waals surface area contributed by atoms with Crippen molar-refractivity contribution in [2.24, 2.45) is 0 Å². The molecule has 4 aromatic carbocycles. The van der Waals surface area contributed by atoms with Crippen molar-refractivity contribution in [1.82, 2.24) is 0 Å². The number of hydrogen-bond donors (Lipinski definition) is 0. The van der Waals surface area contributed by atoms with Crippen molar-refractivity contribution in [3.8, 4) is 11.5 Å². The zero-order valence-electron chi connectivity index (χ0n) is 15.1. The van der Waals surface area contributed by atoms with Crippen molar-refractivity contribution in [1.29, 1.82) is 0 Å². The van der Waals surface area contributed by atoms with Crippen LogP contribution in [0.15, 0.2) is 69.5 Å². The molecule has 146 valence electrons. The van der Waals surface area contributed by atoms with Crippen LogP contribution in [0.25, 0.3) is 55.0 Å². The summed E-state index contributed by atoms with van der Waals surface area (Å²) in [5.41, 5.74) is 0.837. The molecule has 2 heterocycles. The average molecular weight is 406 g/mol. The van der Waals surface area contributed by atoms with Gasteiger partial charge in [-0.05, 0) is 59.3 Å². The van der Waals surface area contributed by atoms with Crippen molar-refractivity contribution in [2.75, 3.05) is 0 Å². The lowest BCUT2D eigenvalue weighted by atomic mass is 10.1. The van der Waals surface area contributed by atoms with Gasteiger partial charge in [-0.25, -0.2) is 17.6 Å². The van der Waals surface area contributed by atoms with E-state index in [1.807, 2.05) is 0 Å². The summed E-state index contributed by atoms with van der Waals surface area (Å²) in [5, 5.41) is 2.64. The molecule has 30 heavy (non-hydrogen) atoms. The van der Waals surface area contributed by atoms with Crippen molar-refractivity contribution < 1.29 is 26.4 Å². The number of furan rings is 2. The summed E-state index contributed by atoms with van der Waals surface area (Å²) in [6.45, 7) is 0. The number of fused-ring (bicyclic) bond motifs is 4. The molecule has 0 radical (unpaired) electrons. The molecule has 0 atom stereocenters. The first kappa shape index (κ1) is 17.1. The summed E-state index contributed by atoms with van der Waals surface area (Å²) in [7, 11) is 0. The Kier molecular flexibility index (Phi) is 3.34. The third-order valence-corrected chi connectivity index (χ3v) is 5.25. The lowest BCUT2D eigenvalue weighted by Crippen LogP contribution is -1.82. The molecule has 2 nitrogen and oxygen atoms in total.